The molecule has 0 saturated heterocycles. The van der Waals surface area contributed by atoms with Gasteiger partial charge < -0.3 is 20.1 Å². The number of urea groups is 1. The van der Waals surface area contributed by atoms with Gasteiger partial charge in [-0.15, -0.1) is 0 Å². The lowest BCUT2D eigenvalue weighted by Crippen LogP contribution is -2.34. The topological polar surface area (TPSA) is 76.7 Å². The van der Waals surface area contributed by atoms with Crippen LogP contribution in [-0.2, 0) is 0 Å². The molecule has 29 heavy (non-hydrogen) atoms. The maximum atomic E-state index is 12.4. The van der Waals surface area contributed by atoms with Gasteiger partial charge in [0.25, 0.3) is 0 Å². The Kier molecular flexibility index (Phi) is 8.03. The summed E-state index contributed by atoms with van der Waals surface area (Å²) in [6, 6.07) is 11.9. The highest BCUT2D eigenvalue weighted by atomic mass is 16.5. The van der Waals surface area contributed by atoms with E-state index in [0.29, 0.717) is 29.4 Å². The monoisotopic (exact) mass is 394 g/mol. The minimum Gasteiger partial charge on any atom is -0.493 e. The number of anilines is 1. The fraction of sp³-hybridized carbons (Fsp3) is 0.217. The van der Waals surface area contributed by atoms with Crippen LogP contribution in [0.2, 0.25) is 0 Å². The number of amides is 2. The van der Waals surface area contributed by atoms with E-state index in [0.717, 1.165) is 5.56 Å². The number of carbonyl (C=O) groups excluding carboxylic acids is 2. The van der Waals surface area contributed by atoms with E-state index in [9.17, 15) is 9.59 Å². The summed E-state index contributed by atoms with van der Waals surface area (Å²) in [6.07, 6.45) is 4.86. The van der Waals surface area contributed by atoms with Gasteiger partial charge in [0.1, 0.15) is 6.61 Å². The molecule has 0 unspecified atom stereocenters. The van der Waals surface area contributed by atoms with E-state index >= 15 is 0 Å². The molecule has 0 aliphatic rings. The predicted molar refractivity (Wildman–Crippen MR) is 116 cm³/mol. The van der Waals surface area contributed by atoms with Crippen molar-refractivity contribution in [2.75, 3.05) is 19.0 Å². The summed E-state index contributed by atoms with van der Waals surface area (Å²) in [6.45, 7) is 7.76. The predicted octanol–water partition coefficient (Wildman–Crippen LogP) is 4.69. The van der Waals surface area contributed by atoms with Crippen molar-refractivity contribution in [2.24, 2.45) is 0 Å². The molecule has 2 amide bonds. The molecule has 2 rings (SSSR count). The van der Waals surface area contributed by atoms with Crippen LogP contribution < -0.4 is 20.1 Å². The Hall–Kier alpha value is -3.54. The molecule has 0 aromatic heterocycles. The molecule has 0 saturated carbocycles. The summed E-state index contributed by atoms with van der Waals surface area (Å²) in [5.74, 6) is 1.05. The van der Waals surface area contributed by atoms with Gasteiger partial charge in [-0.1, -0.05) is 24.8 Å². The number of allylic oxidation sites excluding steroid dienone is 1. The van der Waals surface area contributed by atoms with Gasteiger partial charge in [0, 0.05) is 17.3 Å². The van der Waals surface area contributed by atoms with Gasteiger partial charge in [-0.25, -0.2) is 4.79 Å². The maximum Gasteiger partial charge on any atom is 0.319 e. The summed E-state index contributed by atoms with van der Waals surface area (Å²) in [4.78, 5) is 24.1. The highest BCUT2D eigenvalue weighted by Gasteiger charge is 2.07. The molecule has 152 valence electrons. The Morgan fingerprint density at radius 2 is 1.83 bits per heavy atom. The van der Waals surface area contributed by atoms with Gasteiger partial charge in [-0.05, 0) is 61.9 Å². The number of hydrogen-bond acceptors (Lipinski definition) is 4. The lowest BCUT2D eigenvalue weighted by molar-refractivity contribution is 0.104. The minimum absolute atomic E-state index is 0.0437. The van der Waals surface area contributed by atoms with E-state index in [1.54, 1.807) is 55.7 Å². The van der Waals surface area contributed by atoms with E-state index in [1.165, 1.54) is 6.08 Å². The van der Waals surface area contributed by atoms with Crippen LogP contribution in [0, 0.1) is 0 Å². The van der Waals surface area contributed by atoms with Crippen LogP contribution in [-0.4, -0.2) is 31.6 Å². The molecule has 2 aromatic rings. The number of ether oxygens (including phenoxy) is 2. The SMILES string of the molecule is C=CCOc1ccc(/C=C/C(=O)c2ccc(NC(=O)NC(C)C)cc2)cc1OC. The first-order valence-electron chi connectivity index (χ1n) is 9.24. The average molecular weight is 394 g/mol. The number of rotatable bonds is 9. The first kappa shape index (κ1) is 21.8. The van der Waals surface area contributed by atoms with Crippen LogP contribution >= 0.6 is 0 Å². The smallest absolute Gasteiger partial charge is 0.319 e. The van der Waals surface area contributed by atoms with Crippen molar-refractivity contribution in [3.05, 3.63) is 72.3 Å². The molecule has 0 aliphatic carbocycles. The standard InChI is InChI=1S/C23H26N2O4/c1-5-14-29-21-13-7-17(15-22(21)28-4)6-12-20(26)18-8-10-19(11-9-18)25-23(27)24-16(2)3/h5-13,15-16H,1,14H2,2-4H3,(H2,24,25,27)/b12-6+. The van der Waals surface area contributed by atoms with Crippen LogP contribution in [0.25, 0.3) is 6.08 Å². The second kappa shape index (κ2) is 10.7. The Morgan fingerprint density at radius 1 is 1.10 bits per heavy atom. The van der Waals surface area contributed by atoms with Crippen molar-refractivity contribution >= 4 is 23.6 Å². The van der Waals surface area contributed by atoms with E-state index in [1.807, 2.05) is 19.9 Å². The molecule has 2 N–H and O–H groups in total. The van der Waals surface area contributed by atoms with Crippen molar-refractivity contribution in [3.8, 4) is 11.5 Å². The normalized spacial score (nSPS) is 10.6. The van der Waals surface area contributed by atoms with Crippen LogP contribution in [0.5, 0.6) is 11.5 Å². The van der Waals surface area contributed by atoms with E-state index < -0.39 is 0 Å². The number of carbonyl (C=O) groups is 2. The molecule has 0 spiro atoms. The Balaban J connectivity index is 2.03. The second-order valence-electron chi connectivity index (χ2n) is 6.54. The molecule has 2 aromatic carbocycles. The molecule has 6 nitrogen and oxygen atoms in total. The zero-order valence-corrected chi connectivity index (χ0v) is 16.9. The van der Waals surface area contributed by atoms with Crippen molar-refractivity contribution in [2.45, 2.75) is 19.9 Å². The number of benzene rings is 2. The third-order valence-electron chi connectivity index (χ3n) is 3.82. The number of nitrogens with one attached hydrogen (secondary N) is 2. The van der Waals surface area contributed by atoms with Gasteiger partial charge in [-0.3, -0.25) is 4.79 Å². The fourth-order valence-electron chi connectivity index (χ4n) is 2.47. The van der Waals surface area contributed by atoms with Gasteiger partial charge in [0.2, 0.25) is 0 Å². The lowest BCUT2D eigenvalue weighted by atomic mass is 10.1. The van der Waals surface area contributed by atoms with Crippen LogP contribution in [0.3, 0.4) is 0 Å². The molecule has 0 heterocycles. The summed E-state index contributed by atoms with van der Waals surface area (Å²) < 4.78 is 10.8. The molecule has 0 bridgehead atoms. The Morgan fingerprint density at radius 3 is 2.45 bits per heavy atom. The first-order chi connectivity index (χ1) is 13.9. The number of ketones is 1. The summed E-state index contributed by atoms with van der Waals surface area (Å²) >= 11 is 0. The first-order valence-corrected chi connectivity index (χ1v) is 9.24. The molecule has 0 fully saturated rings. The van der Waals surface area contributed by atoms with Crippen molar-refractivity contribution in [1.82, 2.24) is 5.32 Å². The largest absolute Gasteiger partial charge is 0.493 e. The molecule has 0 radical (unpaired) electrons. The summed E-state index contributed by atoms with van der Waals surface area (Å²) in [5.41, 5.74) is 1.95. The number of methoxy groups -OCH3 is 1. The third-order valence-corrected chi connectivity index (χ3v) is 3.82. The van der Waals surface area contributed by atoms with Crippen LogP contribution in [0.4, 0.5) is 10.5 Å². The molecule has 0 aliphatic heterocycles. The number of hydrogen-bond donors (Lipinski definition) is 2. The fourth-order valence-corrected chi connectivity index (χ4v) is 2.47. The third kappa shape index (κ3) is 6.84. The van der Waals surface area contributed by atoms with Crippen molar-refractivity contribution < 1.29 is 19.1 Å². The van der Waals surface area contributed by atoms with E-state index in [2.05, 4.69) is 17.2 Å². The lowest BCUT2D eigenvalue weighted by Gasteiger charge is -2.10. The summed E-state index contributed by atoms with van der Waals surface area (Å²) in [5, 5.41) is 5.46. The van der Waals surface area contributed by atoms with Crippen molar-refractivity contribution in [1.29, 1.82) is 0 Å². The van der Waals surface area contributed by atoms with Crippen molar-refractivity contribution in [3.63, 3.8) is 0 Å². The van der Waals surface area contributed by atoms with Gasteiger partial charge in [0.15, 0.2) is 17.3 Å². The van der Waals surface area contributed by atoms with Gasteiger partial charge in [-0.2, -0.15) is 0 Å². The average Bonchev–Trinajstić information content (AvgIpc) is 2.70. The van der Waals surface area contributed by atoms with Gasteiger partial charge in [0.05, 0.1) is 7.11 Å². The highest BCUT2D eigenvalue weighted by molar-refractivity contribution is 6.07. The second-order valence-corrected chi connectivity index (χ2v) is 6.54. The zero-order chi connectivity index (χ0) is 21.2. The van der Waals surface area contributed by atoms with Crippen LogP contribution in [0.1, 0.15) is 29.8 Å². The molecule has 6 heteroatoms. The summed E-state index contributed by atoms with van der Waals surface area (Å²) in [7, 11) is 1.56. The minimum atomic E-state index is -0.284. The van der Waals surface area contributed by atoms with E-state index in [-0.39, 0.29) is 17.9 Å². The van der Waals surface area contributed by atoms with Crippen LogP contribution in [0.15, 0.2) is 61.2 Å². The Bertz CT molecular complexity index is 886. The molecule has 0 atom stereocenters. The quantitative estimate of drug-likeness (QED) is 0.368. The Labute approximate surface area is 171 Å². The van der Waals surface area contributed by atoms with E-state index in [4.69, 9.17) is 9.47 Å². The highest BCUT2D eigenvalue weighted by Crippen LogP contribution is 2.28. The maximum absolute atomic E-state index is 12.4. The zero-order valence-electron chi connectivity index (χ0n) is 16.9. The molecular weight excluding hydrogens is 368 g/mol. The molecular formula is C23H26N2O4. The van der Waals surface area contributed by atoms with Gasteiger partial charge >= 0.3 is 6.03 Å².